The first-order valence-electron chi connectivity index (χ1n) is 14.5. The van der Waals surface area contributed by atoms with E-state index in [1.807, 2.05) is 0 Å². The Kier molecular flexibility index (Phi) is 9.22. The number of aromatic nitrogens is 2. The highest BCUT2D eigenvalue weighted by atomic mass is 16.5. The second kappa shape index (κ2) is 12.4. The van der Waals surface area contributed by atoms with Gasteiger partial charge in [-0.2, -0.15) is 0 Å². The van der Waals surface area contributed by atoms with Gasteiger partial charge >= 0.3 is 11.9 Å². The van der Waals surface area contributed by atoms with Crippen LogP contribution in [0.4, 0.5) is 0 Å². The van der Waals surface area contributed by atoms with Gasteiger partial charge in [-0.3, -0.25) is 9.97 Å². The highest BCUT2D eigenvalue weighted by Gasteiger charge is 2.35. The van der Waals surface area contributed by atoms with Crippen LogP contribution in [-0.4, -0.2) is 34.1 Å². The summed E-state index contributed by atoms with van der Waals surface area (Å²) in [5, 5.41) is 0. The van der Waals surface area contributed by atoms with Gasteiger partial charge in [0, 0.05) is 12.4 Å². The molecule has 0 saturated heterocycles. The maximum absolute atomic E-state index is 13.1. The number of rotatable bonds is 7. The number of esters is 2. The third kappa shape index (κ3) is 6.81. The van der Waals surface area contributed by atoms with Crippen molar-refractivity contribution in [3.8, 4) is 11.4 Å². The lowest BCUT2D eigenvalue weighted by Gasteiger charge is -2.36. The zero-order valence-corrected chi connectivity index (χ0v) is 23.9. The summed E-state index contributed by atoms with van der Waals surface area (Å²) in [6.07, 6.45) is 9.37. The van der Waals surface area contributed by atoms with E-state index >= 15 is 0 Å². The molecule has 6 heteroatoms. The van der Waals surface area contributed by atoms with Gasteiger partial charge in [0.25, 0.3) is 0 Å². The molecule has 0 spiro atoms. The second-order valence-corrected chi connectivity index (χ2v) is 12.4. The van der Waals surface area contributed by atoms with Crippen LogP contribution in [0.25, 0.3) is 11.4 Å². The summed E-state index contributed by atoms with van der Waals surface area (Å²) in [6.45, 7) is 13.3. The smallest absolute Gasteiger partial charge is 0.338 e. The molecule has 2 aliphatic rings. The van der Waals surface area contributed by atoms with Crippen LogP contribution in [0, 0.1) is 35.5 Å². The van der Waals surface area contributed by atoms with Crippen LogP contribution in [0.3, 0.4) is 0 Å². The van der Waals surface area contributed by atoms with E-state index in [0.717, 1.165) is 25.7 Å². The molecule has 0 radical (unpaired) electrons. The van der Waals surface area contributed by atoms with Gasteiger partial charge in [-0.15, -0.1) is 0 Å². The quantitative estimate of drug-likeness (QED) is 0.355. The molecule has 0 amide bonds. The lowest BCUT2D eigenvalue weighted by Crippen LogP contribution is -2.35. The van der Waals surface area contributed by atoms with Gasteiger partial charge in [0.15, 0.2) is 0 Å². The van der Waals surface area contributed by atoms with Crippen LogP contribution >= 0.6 is 0 Å². The van der Waals surface area contributed by atoms with E-state index in [1.54, 1.807) is 36.7 Å². The molecule has 6 nitrogen and oxygen atoms in total. The molecule has 4 rings (SSSR count). The molecule has 2 fully saturated rings. The van der Waals surface area contributed by atoms with E-state index in [0.29, 0.717) is 58.0 Å². The SMILES string of the molecule is CC(C)[C@@H]1CC[C@@H](C)C[C@H]1OC(=O)c1ccnc(-c2cc(C(=O)O[C@@H]3C[C@H](C)CC[C@H]3C(C)C)ccn2)c1. The van der Waals surface area contributed by atoms with E-state index < -0.39 is 0 Å². The van der Waals surface area contributed by atoms with Gasteiger partial charge in [0.1, 0.15) is 12.2 Å². The van der Waals surface area contributed by atoms with E-state index in [1.165, 1.54) is 12.8 Å². The molecular formula is C32H44N2O4. The molecule has 0 bridgehead atoms. The van der Waals surface area contributed by atoms with E-state index in [9.17, 15) is 9.59 Å². The topological polar surface area (TPSA) is 78.4 Å². The van der Waals surface area contributed by atoms with Crippen LogP contribution in [0.2, 0.25) is 0 Å². The minimum absolute atomic E-state index is 0.0729. The molecule has 0 aromatic carbocycles. The fourth-order valence-electron chi connectivity index (χ4n) is 6.31. The number of nitrogens with zero attached hydrogens (tertiary/aromatic N) is 2. The van der Waals surface area contributed by atoms with Crippen molar-refractivity contribution in [2.45, 2.75) is 92.3 Å². The standard InChI is InChI=1S/C32H44N2O4/c1-19(2)25-9-7-21(5)15-29(25)37-31(35)23-11-13-33-27(17-23)28-18-24(12-14-34-28)32(36)38-30-16-22(6)8-10-26(30)20(3)4/h11-14,17-22,25-26,29-30H,7-10,15-16H2,1-6H3/t21-,22-,25+,26+,29-,30-/m1/s1. The third-order valence-corrected chi connectivity index (χ3v) is 8.69. The maximum atomic E-state index is 13.1. The van der Waals surface area contributed by atoms with Gasteiger partial charge in [0.05, 0.1) is 22.5 Å². The van der Waals surface area contributed by atoms with Crippen molar-refractivity contribution >= 4 is 11.9 Å². The number of carbonyl (C=O) groups excluding carboxylic acids is 2. The van der Waals surface area contributed by atoms with Gasteiger partial charge in [-0.1, -0.05) is 54.4 Å². The average molecular weight is 521 g/mol. The van der Waals surface area contributed by atoms with E-state index in [4.69, 9.17) is 9.47 Å². The predicted octanol–water partition coefficient (Wildman–Crippen LogP) is 7.38. The molecular weight excluding hydrogens is 476 g/mol. The van der Waals surface area contributed by atoms with Crippen molar-refractivity contribution in [2.75, 3.05) is 0 Å². The summed E-state index contributed by atoms with van der Waals surface area (Å²) in [4.78, 5) is 35.1. The average Bonchev–Trinajstić information content (AvgIpc) is 2.88. The minimum Gasteiger partial charge on any atom is -0.458 e. The molecule has 2 aromatic rings. The van der Waals surface area contributed by atoms with Crippen LogP contribution in [0.5, 0.6) is 0 Å². The summed E-state index contributed by atoms with van der Waals surface area (Å²) in [5.74, 6) is 2.12. The number of hydrogen-bond donors (Lipinski definition) is 0. The van der Waals surface area contributed by atoms with Crippen LogP contribution in [0.15, 0.2) is 36.7 Å². The van der Waals surface area contributed by atoms with Gasteiger partial charge in [-0.25, -0.2) is 9.59 Å². The fourth-order valence-corrected chi connectivity index (χ4v) is 6.31. The molecule has 6 atom stereocenters. The highest BCUT2D eigenvalue weighted by molar-refractivity contribution is 5.92. The van der Waals surface area contributed by atoms with Crippen LogP contribution in [-0.2, 0) is 9.47 Å². The lowest BCUT2D eigenvalue weighted by atomic mass is 9.75. The Morgan fingerprint density at radius 1 is 0.711 bits per heavy atom. The number of pyridine rings is 2. The second-order valence-electron chi connectivity index (χ2n) is 12.4. The molecule has 0 unspecified atom stereocenters. The monoisotopic (exact) mass is 520 g/mol. The first kappa shape index (κ1) is 28.3. The minimum atomic E-state index is -0.333. The molecule has 2 aliphatic carbocycles. The first-order chi connectivity index (χ1) is 18.1. The zero-order valence-electron chi connectivity index (χ0n) is 23.9. The summed E-state index contributed by atoms with van der Waals surface area (Å²) < 4.78 is 12.1. The summed E-state index contributed by atoms with van der Waals surface area (Å²) in [7, 11) is 0. The Labute approximate surface area is 227 Å². The Hall–Kier alpha value is -2.76. The van der Waals surface area contributed by atoms with Gasteiger partial charge < -0.3 is 9.47 Å². The molecule has 2 heterocycles. The Morgan fingerprint density at radius 2 is 1.11 bits per heavy atom. The summed E-state index contributed by atoms with van der Waals surface area (Å²) in [5.41, 5.74) is 1.94. The molecule has 0 aliphatic heterocycles. The van der Waals surface area contributed by atoms with Crippen molar-refractivity contribution in [2.24, 2.45) is 35.5 Å². The number of ether oxygens (including phenoxy) is 2. The van der Waals surface area contributed by atoms with Crippen molar-refractivity contribution in [1.29, 1.82) is 0 Å². The maximum Gasteiger partial charge on any atom is 0.338 e. The van der Waals surface area contributed by atoms with E-state index in [-0.39, 0.29) is 24.1 Å². The molecule has 0 N–H and O–H groups in total. The molecule has 2 aromatic heterocycles. The largest absolute Gasteiger partial charge is 0.458 e. The normalized spacial score (nSPS) is 27.8. The first-order valence-corrected chi connectivity index (χ1v) is 14.5. The van der Waals surface area contributed by atoms with Crippen LogP contribution in [0.1, 0.15) is 101 Å². The third-order valence-electron chi connectivity index (χ3n) is 8.69. The van der Waals surface area contributed by atoms with Crippen LogP contribution < -0.4 is 0 Å². The summed E-state index contributed by atoms with van der Waals surface area (Å²) in [6, 6.07) is 6.76. The Morgan fingerprint density at radius 3 is 1.47 bits per heavy atom. The van der Waals surface area contributed by atoms with Gasteiger partial charge in [-0.05, 0) is 85.5 Å². The summed E-state index contributed by atoms with van der Waals surface area (Å²) >= 11 is 0. The highest BCUT2D eigenvalue weighted by Crippen LogP contribution is 2.37. The zero-order chi connectivity index (χ0) is 27.4. The predicted molar refractivity (Wildman–Crippen MR) is 149 cm³/mol. The van der Waals surface area contributed by atoms with Gasteiger partial charge in [0.2, 0.25) is 0 Å². The fraction of sp³-hybridized carbons (Fsp3) is 0.625. The Bertz CT molecular complexity index is 1030. The Balaban J connectivity index is 1.48. The van der Waals surface area contributed by atoms with E-state index in [2.05, 4.69) is 51.5 Å². The van der Waals surface area contributed by atoms with Crippen molar-refractivity contribution in [3.05, 3.63) is 47.8 Å². The van der Waals surface area contributed by atoms with Crippen molar-refractivity contribution in [3.63, 3.8) is 0 Å². The molecule has 2 saturated carbocycles. The molecule has 38 heavy (non-hydrogen) atoms. The number of hydrogen-bond acceptors (Lipinski definition) is 6. The van der Waals surface area contributed by atoms with Crippen molar-refractivity contribution in [1.82, 2.24) is 9.97 Å². The molecule has 206 valence electrons. The lowest BCUT2D eigenvalue weighted by molar-refractivity contribution is -0.0182. The number of carbonyl (C=O) groups is 2. The van der Waals surface area contributed by atoms with Crippen molar-refractivity contribution < 1.29 is 19.1 Å².